The Labute approximate surface area is 156 Å². The van der Waals surface area contributed by atoms with Crippen LogP contribution in [0.15, 0.2) is 45.6 Å². The van der Waals surface area contributed by atoms with Gasteiger partial charge in [0.25, 0.3) is 0 Å². The van der Waals surface area contributed by atoms with Gasteiger partial charge in [-0.05, 0) is 49.6 Å². The molecule has 0 unspecified atom stereocenters. The number of hydrogen-bond acceptors (Lipinski definition) is 4. The van der Waals surface area contributed by atoms with Crippen molar-refractivity contribution in [3.8, 4) is 16.9 Å². The van der Waals surface area contributed by atoms with E-state index < -0.39 is 0 Å². The van der Waals surface area contributed by atoms with E-state index in [-0.39, 0.29) is 17.0 Å². The molecular formula is C22H22FNO3. The zero-order valence-corrected chi connectivity index (χ0v) is 15.2. The Kier molecular flexibility index (Phi) is 4.70. The highest BCUT2D eigenvalue weighted by Crippen LogP contribution is 2.30. The largest absolute Gasteiger partial charge is 0.507 e. The van der Waals surface area contributed by atoms with Gasteiger partial charge in [-0.2, -0.15) is 0 Å². The molecule has 4 rings (SSSR count). The molecule has 0 radical (unpaired) electrons. The molecular weight excluding hydrogens is 345 g/mol. The maximum Gasteiger partial charge on any atom is 0.200 e. The minimum atomic E-state index is -0.355. The third kappa shape index (κ3) is 3.35. The molecule has 1 saturated carbocycles. The van der Waals surface area contributed by atoms with Gasteiger partial charge in [0, 0.05) is 12.6 Å². The van der Waals surface area contributed by atoms with Gasteiger partial charge in [-0.1, -0.05) is 25.0 Å². The molecule has 0 spiro atoms. The summed E-state index contributed by atoms with van der Waals surface area (Å²) < 4.78 is 19.2. The molecule has 4 nitrogen and oxygen atoms in total. The van der Waals surface area contributed by atoms with Gasteiger partial charge in [0.2, 0.25) is 5.43 Å². The second-order valence-electron chi connectivity index (χ2n) is 7.17. The van der Waals surface area contributed by atoms with Gasteiger partial charge in [-0.3, -0.25) is 4.79 Å². The first-order chi connectivity index (χ1) is 13.0. The van der Waals surface area contributed by atoms with Crippen LogP contribution in [0.3, 0.4) is 0 Å². The number of aryl methyl sites for hydroxylation is 1. The van der Waals surface area contributed by atoms with Crippen molar-refractivity contribution >= 4 is 11.0 Å². The molecule has 1 aromatic heterocycles. The average molecular weight is 367 g/mol. The van der Waals surface area contributed by atoms with Crippen LogP contribution in [-0.4, -0.2) is 11.1 Å². The summed E-state index contributed by atoms with van der Waals surface area (Å²) in [6.45, 7) is 2.17. The molecule has 0 amide bonds. The predicted molar refractivity (Wildman–Crippen MR) is 103 cm³/mol. The molecule has 0 saturated heterocycles. The van der Waals surface area contributed by atoms with Gasteiger partial charge in [-0.25, -0.2) is 4.39 Å². The van der Waals surface area contributed by atoms with E-state index in [4.69, 9.17) is 4.42 Å². The number of hydrogen-bond donors (Lipinski definition) is 2. The standard InChI is InChI=1S/C22H22FNO3/c1-13-20(14-6-8-15(23)9-7-14)21(26)17-10-11-19(25)18(22(17)27-13)12-24-16-4-2-3-5-16/h6-11,16,24-25H,2-5,12H2,1H3. The third-order valence-corrected chi connectivity index (χ3v) is 5.37. The summed E-state index contributed by atoms with van der Waals surface area (Å²) in [6, 6.07) is 9.35. The minimum absolute atomic E-state index is 0.116. The Hall–Kier alpha value is -2.66. The van der Waals surface area contributed by atoms with Gasteiger partial charge in [0.05, 0.1) is 16.5 Å². The summed E-state index contributed by atoms with van der Waals surface area (Å²) in [5.41, 5.74) is 1.87. The van der Waals surface area contributed by atoms with Crippen LogP contribution in [-0.2, 0) is 6.54 Å². The summed E-state index contributed by atoms with van der Waals surface area (Å²) in [5, 5.41) is 14.2. The summed E-state index contributed by atoms with van der Waals surface area (Å²) in [4.78, 5) is 13.1. The van der Waals surface area contributed by atoms with Crippen molar-refractivity contribution in [3.05, 3.63) is 63.8 Å². The van der Waals surface area contributed by atoms with Crippen molar-refractivity contribution < 1.29 is 13.9 Å². The first-order valence-electron chi connectivity index (χ1n) is 9.32. The predicted octanol–water partition coefficient (Wildman–Crippen LogP) is 4.65. The van der Waals surface area contributed by atoms with E-state index in [9.17, 15) is 14.3 Å². The van der Waals surface area contributed by atoms with Crippen LogP contribution in [0.1, 0.15) is 37.0 Å². The SMILES string of the molecule is Cc1oc2c(CNC3CCCC3)c(O)ccc2c(=O)c1-c1ccc(F)cc1. The van der Waals surface area contributed by atoms with Crippen molar-refractivity contribution in [2.45, 2.75) is 45.2 Å². The van der Waals surface area contributed by atoms with Gasteiger partial charge in [0.1, 0.15) is 22.9 Å². The summed E-state index contributed by atoms with van der Waals surface area (Å²) in [7, 11) is 0. The van der Waals surface area contributed by atoms with Gasteiger partial charge in [0.15, 0.2) is 0 Å². The Balaban J connectivity index is 1.80. The lowest BCUT2D eigenvalue weighted by molar-refractivity contribution is 0.452. The van der Waals surface area contributed by atoms with E-state index in [2.05, 4.69) is 5.32 Å². The average Bonchev–Trinajstić information content (AvgIpc) is 3.16. The molecule has 27 heavy (non-hydrogen) atoms. The minimum Gasteiger partial charge on any atom is -0.507 e. The fourth-order valence-corrected chi connectivity index (χ4v) is 3.91. The first-order valence-corrected chi connectivity index (χ1v) is 9.32. The molecule has 1 aliphatic carbocycles. The topological polar surface area (TPSA) is 62.5 Å². The number of fused-ring (bicyclic) bond motifs is 1. The quantitative estimate of drug-likeness (QED) is 0.705. The molecule has 1 fully saturated rings. The summed E-state index contributed by atoms with van der Waals surface area (Å²) in [5.74, 6) is 0.212. The van der Waals surface area contributed by atoms with Crippen molar-refractivity contribution in [2.24, 2.45) is 0 Å². The lowest BCUT2D eigenvalue weighted by Crippen LogP contribution is -2.25. The molecule has 0 atom stereocenters. The summed E-state index contributed by atoms with van der Waals surface area (Å²) in [6.07, 6.45) is 4.69. The Morgan fingerprint density at radius 3 is 2.56 bits per heavy atom. The Morgan fingerprint density at radius 1 is 1.15 bits per heavy atom. The summed E-state index contributed by atoms with van der Waals surface area (Å²) >= 11 is 0. The smallest absolute Gasteiger partial charge is 0.200 e. The maximum atomic E-state index is 13.2. The second kappa shape index (κ2) is 7.16. The second-order valence-corrected chi connectivity index (χ2v) is 7.17. The van der Waals surface area contributed by atoms with Crippen LogP contribution in [0.25, 0.3) is 22.1 Å². The molecule has 3 aromatic rings. The van der Waals surface area contributed by atoms with Crippen LogP contribution in [0.2, 0.25) is 0 Å². The van der Waals surface area contributed by atoms with E-state index >= 15 is 0 Å². The first kappa shape index (κ1) is 17.7. The molecule has 1 heterocycles. The number of phenolic OH excluding ortho intramolecular Hbond substituents is 1. The zero-order valence-electron chi connectivity index (χ0n) is 15.2. The van der Waals surface area contributed by atoms with Crippen molar-refractivity contribution in [3.63, 3.8) is 0 Å². The molecule has 0 aliphatic heterocycles. The highest BCUT2D eigenvalue weighted by atomic mass is 19.1. The van der Waals surface area contributed by atoms with E-state index in [1.807, 2.05) is 0 Å². The fraction of sp³-hybridized carbons (Fsp3) is 0.318. The number of rotatable bonds is 4. The van der Waals surface area contributed by atoms with Gasteiger partial charge >= 0.3 is 0 Å². The van der Waals surface area contributed by atoms with E-state index in [1.165, 1.54) is 31.0 Å². The highest BCUT2D eigenvalue weighted by molar-refractivity contribution is 5.86. The van der Waals surface area contributed by atoms with Crippen LogP contribution in [0.5, 0.6) is 5.75 Å². The van der Waals surface area contributed by atoms with Crippen molar-refractivity contribution in [2.75, 3.05) is 0 Å². The third-order valence-electron chi connectivity index (χ3n) is 5.37. The van der Waals surface area contributed by atoms with E-state index in [0.717, 1.165) is 12.8 Å². The Morgan fingerprint density at radius 2 is 1.85 bits per heavy atom. The maximum absolute atomic E-state index is 13.2. The Bertz CT molecular complexity index is 1030. The zero-order chi connectivity index (χ0) is 19.0. The molecule has 2 aromatic carbocycles. The lowest BCUT2D eigenvalue weighted by atomic mass is 10.0. The fourth-order valence-electron chi connectivity index (χ4n) is 3.91. The number of phenols is 1. The van der Waals surface area contributed by atoms with E-state index in [0.29, 0.717) is 46.0 Å². The van der Waals surface area contributed by atoms with Crippen molar-refractivity contribution in [1.29, 1.82) is 0 Å². The molecule has 5 heteroatoms. The van der Waals surface area contributed by atoms with Crippen LogP contribution < -0.4 is 10.7 Å². The van der Waals surface area contributed by atoms with Gasteiger partial charge in [-0.15, -0.1) is 0 Å². The number of halogens is 1. The van der Waals surface area contributed by atoms with Crippen LogP contribution >= 0.6 is 0 Å². The molecule has 2 N–H and O–H groups in total. The van der Waals surface area contributed by atoms with Crippen LogP contribution in [0, 0.1) is 12.7 Å². The van der Waals surface area contributed by atoms with E-state index in [1.54, 1.807) is 25.1 Å². The van der Waals surface area contributed by atoms with Gasteiger partial charge < -0.3 is 14.8 Å². The molecule has 140 valence electrons. The number of benzene rings is 2. The lowest BCUT2D eigenvalue weighted by Gasteiger charge is -2.15. The molecule has 0 bridgehead atoms. The monoisotopic (exact) mass is 367 g/mol. The number of nitrogens with one attached hydrogen (secondary N) is 1. The number of aromatic hydroxyl groups is 1. The highest BCUT2D eigenvalue weighted by Gasteiger charge is 2.20. The van der Waals surface area contributed by atoms with Crippen LogP contribution in [0.4, 0.5) is 4.39 Å². The normalized spacial score (nSPS) is 14.9. The molecule has 1 aliphatic rings. The van der Waals surface area contributed by atoms with Crippen molar-refractivity contribution in [1.82, 2.24) is 5.32 Å².